The van der Waals surface area contributed by atoms with Crippen molar-refractivity contribution in [3.8, 4) is 0 Å². The first-order chi connectivity index (χ1) is 10.1. The van der Waals surface area contributed by atoms with Gasteiger partial charge in [0.15, 0.2) is 0 Å². The van der Waals surface area contributed by atoms with Crippen molar-refractivity contribution in [1.82, 2.24) is 0 Å². The summed E-state index contributed by atoms with van der Waals surface area (Å²) < 4.78 is 0. The van der Waals surface area contributed by atoms with Crippen LogP contribution in [0.25, 0.3) is 0 Å². The van der Waals surface area contributed by atoms with Crippen LogP contribution in [0.15, 0.2) is 48.5 Å². The van der Waals surface area contributed by atoms with Gasteiger partial charge in [-0.25, -0.2) is 4.90 Å². The number of hydrogen-bond acceptors (Lipinski definition) is 3. The molecule has 2 aromatic rings. The van der Waals surface area contributed by atoms with Crippen LogP contribution in [-0.4, -0.2) is 16.8 Å². The summed E-state index contributed by atoms with van der Waals surface area (Å²) in [6.07, 6.45) is 0.221. The molecule has 4 nitrogen and oxygen atoms in total. The molecule has 0 spiro atoms. The molecule has 0 saturated heterocycles. The molecule has 1 aliphatic rings. The number of amides is 2. The maximum absolute atomic E-state index is 12.5. The molecule has 3 rings (SSSR count). The number of hydrogen-bond donors (Lipinski definition) is 1. The highest BCUT2D eigenvalue weighted by molar-refractivity contribution is 7.80. The first-order valence-corrected chi connectivity index (χ1v) is 6.84. The van der Waals surface area contributed by atoms with E-state index in [0.717, 1.165) is 5.56 Å². The van der Waals surface area contributed by atoms with Gasteiger partial charge in [-0.1, -0.05) is 30.4 Å². The van der Waals surface area contributed by atoms with Crippen LogP contribution in [-0.2, 0) is 11.2 Å². The van der Waals surface area contributed by atoms with Crippen LogP contribution in [0.3, 0.4) is 0 Å². The van der Waals surface area contributed by atoms with Gasteiger partial charge in [-0.05, 0) is 35.9 Å². The van der Waals surface area contributed by atoms with E-state index in [-0.39, 0.29) is 23.2 Å². The molecule has 1 aliphatic heterocycles. The molecule has 0 unspecified atom stereocenters. The normalized spacial score (nSPS) is 14.0. The van der Waals surface area contributed by atoms with Gasteiger partial charge >= 0.3 is 0 Å². The third-order valence-corrected chi connectivity index (χ3v) is 3.69. The molecule has 1 heterocycles. The van der Waals surface area contributed by atoms with Crippen LogP contribution < -0.4 is 10.6 Å². The Morgan fingerprint density at radius 2 is 1.71 bits per heavy atom. The van der Waals surface area contributed by atoms with Crippen LogP contribution in [0.4, 0.5) is 5.69 Å². The van der Waals surface area contributed by atoms with E-state index in [9.17, 15) is 9.59 Å². The third-order valence-electron chi connectivity index (χ3n) is 3.45. The van der Waals surface area contributed by atoms with E-state index in [1.54, 1.807) is 42.5 Å². The smallest absolute Gasteiger partial charge is 0.265 e. The summed E-state index contributed by atoms with van der Waals surface area (Å²) in [7, 11) is 0. The molecule has 0 fully saturated rings. The molecule has 0 atom stereocenters. The minimum atomic E-state index is -0.301. The van der Waals surface area contributed by atoms with Gasteiger partial charge in [0.25, 0.3) is 5.91 Å². The summed E-state index contributed by atoms with van der Waals surface area (Å²) in [6.45, 7) is 0. The second-order valence-corrected chi connectivity index (χ2v) is 5.22. The van der Waals surface area contributed by atoms with Crippen molar-refractivity contribution in [2.75, 3.05) is 4.90 Å². The number of rotatable bonds is 2. The van der Waals surface area contributed by atoms with Crippen molar-refractivity contribution in [3.63, 3.8) is 0 Å². The van der Waals surface area contributed by atoms with Crippen molar-refractivity contribution in [3.05, 3.63) is 65.2 Å². The molecule has 0 aliphatic carbocycles. The lowest BCUT2D eigenvalue weighted by Crippen LogP contribution is -2.42. The van der Waals surface area contributed by atoms with Gasteiger partial charge in [0, 0.05) is 11.1 Å². The molecular weight excluding hydrogens is 284 g/mol. The lowest BCUT2D eigenvalue weighted by Gasteiger charge is -2.26. The fourth-order valence-electron chi connectivity index (χ4n) is 2.39. The Balaban J connectivity index is 2.01. The minimum absolute atomic E-state index is 0.221. The highest BCUT2D eigenvalue weighted by Gasteiger charge is 2.31. The molecule has 2 aromatic carbocycles. The van der Waals surface area contributed by atoms with Crippen molar-refractivity contribution in [2.45, 2.75) is 6.42 Å². The Kier molecular flexibility index (Phi) is 3.27. The van der Waals surface area contributed by atoms with Crippen LogP contribution in [0, 0.1) is 0 Å². The molecular formula is C16H12N2O2S. The molecule has 0 radical (unpaired) electrons. The predicted molar refractivity (Wildman–Crippen MR) is 84.3 cm³/mol. The topological polar surface area (TPSA) is 63.4 Å². The van der Waals surface area contributed by atoms with Gasteiger partial charge < -0.3 is 5.73 Å². The maximum Gasteiger partial charge on any atom is 0.265 e. The number of carbonyl (C=O) groups excluding carboxylic acids is 2. The molecule has 0 aromatic heterocycles. The van der Waals surface area contributed by atoms with E-state index in [1.807, 2.05) is 6.07 Å². The second kappa shape index (κ2) is 5.10. The van der Waals surface area contributed by atoms with E-state index in [4.69, 9.17) is 18.0 Å². The highest BCUT2D eigenvalue weighted by Crippen LogP contribution is 2.25. The Labute approximate surface area is 127 Å². The predicted octanol–water partition coefficient (Wildman–Crippen LogP) is 2.05. The zero-order valence-electron chi connectivity index (χ0n) is 11.1. The number of nitrogens with zero attached hydrogens (tertiary/aromatic N) is 1. The van der Waals surface area contributed by atoms with Crippen LogP contribution in [0.5, 0.6) is 0 Å². The summed E-state index contributed by atoms with van der Waals surface area (Å²) >= 11 is 4.89. The summed E-state index contributed by atoms with van der Waals surface area (Å²) in [6, 6.07) is 13.9. The van der Waals surface area contributed by atoms with E-state index in [1.165, 1.54) is 4.90 Å². The molecule has 0 bridgehead atoms. The van der Waals surface area contributed by atoms with Gasteiger partial charge in [0.05, 0.1) is 12.1 Å². The second-order valence-electron chi connectivity index (χ2n) is 4.78. The van der Waals surface area contributed by atoms with Gasteiger partial charge in [0.1, 0.15) is 4.99 Å². The summed E-state index contributed by atoms with van der Waals surface area (Å²) in [4.78, 5) is 26.2. The fourth-order valence-corrected chi connectivity index (χ4v) is 2.53. The number of benzene rings is 2. The average molecular weight is 296 g/mol. The van der Waals surface area contributed by atoms with Crippen molar-refractivity contribution >= 4 is 34.7 Å². The number of thiocarbonyl (C=S) groups is 1. The zero-order chi connectivity index (χ0) is 15.0. The van der Waals surface area contributed by atoms with Gasteiger partial charge in [0.2, 0.25) is 5.91 Å². The molecule has 5 heteroatoms. The van der Waals surface area contributed by atoms with E-state index >= 15 is 0 Å². The van der Waals surface area contributed by atoms with E-state index in [0.29, 0.717) is 16.8 Å². The number of imide groups is 1. The molecule has 21 heavy (non-hydrogen) atoms. The lowest BCUT2D eigenvalue weighted by atomic mass is 9.98. The van der Waals surface area contributed by atoms with E-state index < -0.39 is 0 Å². The van der Waals surface area contributed by atoms with Gasteiger partial charge in [-0.15, -0.1) is 0 Å². The van der Waals surface area contributed by atoms with E-state index in [2.05, 4.69) is 0 Å². The fraction of sp³-hybridized carbons (Fsp3) is 0.0625. The van der Waals surface area contributed by atoms with Gasteiger partial charge in [-0.2, -0.15) is 0 Å². The summed E-state index contributed by atoms with van der Waals surface area (Å²) in [5.41, 5.74) is 8.10. The first-order valence-electron chi connectivity index (χ1n) is 6.43. The Bertz CT molecular complexity index is 753. The highest BCUT2D eigenvalue weighted by atomic mass is 32.1. The molecule has 2 amide bonds. The Morgan fingerprint density at radius 3 is 2.38 bits per heavy atom. The van der Waals surface area contributed by atoms with Crippen LogP contribution in [0.1, 0.15) is 21.5 Å². The summed E-state index contributed by atoms with van der Waals surface area (Å²) in [5, 5.41) is 0. The average Bonchev–Trinajstić information content (AvgIpc) is 2.48. The molecule has 2 N–H and O–H groups in total. The first kappa shape index (κ1) is 13.5. The van der Waals surface area contributed by atoms with Crippen molar-refractivity contribution in [1.29, 1.82) is 0 Å². The minimum Gasteiger partial charge on any atom is -0.389 e. The number of carbonyl (C=O) groups is 2. The van der Waals surface area contributed by atoms with Crippen molar-refractivity contribution < 1.29 is 9.59 Å². The Morgan fingerprint density at radius 1 is 1.05 bits per heavy atom. The SMILES string of the molecule is NC(=S)c1ccc(N2C(=O)Cc3ccccc3C2=O)cc1. The number of fused-ring (bicyclic) bond motifs is 1. The third kappa shape index (κ3) is 2.32. The maximum atomic E-state index is 12.5. The quantitative estimate of drug-likeness (QED) is 0.680. The number of anilines is 1. The largest absolute Gasteiger partial charge is 0.389 e. The van der Waals surface area contributed by atoms with Crippen LogP contribution >= 0.6 is 12.2 Å². The lowest BCUT2D eigenvalue weighted by molar-refractivity contribution is -0.117. The zero-order valence-corrected chi connectivity index (χ0v) is 11.9. The van der Waals surface area contributed by atoms with Gasteiger partial charge in [-0.3, -0.25) is 9.59 Å². The number of nitrogens with two attached hydrogens (primary N) is 1. The van der Waals surface area contributed by atoms with Crippen molar-refractivity contribution in [2.24, 2.45) is 5.73 Å². The van der Waals surface area contributed by atoms with Crippen LogP contribution in [0.2, 0.25) is 0 Å². The molecule has 104 valence electrons. The standard InChI is InChI=1S/C16H12N2O2S/c17-15(21)10-5-7-12(8-6-10)18-14(19)9-11-3-1-2-4-13(11)16(18)20/h1-8H,9H2,(H2,17,21). The Hall–Kier alpha value is -2.53. The monoisotopic (exact) mass is 296 g/mol. The summed E-state index contributed by atoms with van der Waals surface area (Å²) in [5.74, 6) is -0.535. The molecule has 0 saturated carbocycles.